The molecule has 0 saturated heterocycles. The quantitative estimate of drug-likeness (QED) is 0.779. The average molecular weight is 203 g/mol. The van der Waals surface area contributed by atoms with Gasteiger partial charge in [-0.15, -0.1) is 0 Å². The Bertz CT molecular complexity index is 412. The highest BCUT2D eigenvalue weighted by molar-refractivity contribution is 6.33. The predicted octanol–water partition coefficient (Wildman–Crippen LogP) is 3.88. The van der Waals surface area contributed by atoms with Crippen LogP contribution in [0.3, 0.4) is 0 Å². The van der Waals surface area contributed by atoms with E-state index in [1.807, 2.05) is 48.5 Å². The number of benzene rings is 2. The fraction of sp³-hybridized carbons (Fsp3) is 0. The van der Waals surface area contributed by atoms with Crippen molar-refractivity contribution < 1.29 is 0 Å². The van der Waals surface area contributed by atoms with E-state index in [4.69, 9.17) is 11.6 Å². The van der Waals surface area contributed by atoms with Gasteiger partial charge in [0.15, 0.2) is 0 Å². The highest BCUT2D eigenvalue weighted by Gasteiger charge is 1.97. The maximum absolute atomic E-state index is 6.00. The monoisotopic (exact) mass is 202 g/mol. The van der Waals surface area contributed by atoms with Gasteiger partial charge in [0.2, 0.25) is 0 Å². The van der Waals surface area contributed by atoms with Crippen LogP contribution in [-0.2, 0) is 0 Å². The molecule has 0 aromatic heterocycles. The first-order valence-corrected chi connectivity index (χ1v) is 4.72. The molecule has 0 saturated carbocycles. The van der Waals surface area contributed by atoms with E-state index < -0.39 is 0 Å². The van der Waals surface area contributed by atoms with Gasteiger partial charge in [-0.05, 0) is 30.3 Å². The minimum atomic E-state index is 0.723. The lowest BCUT2D eigenvalue weighted by Crippen LogP contribution is -1.89. The van der Waals surface area contributed by atoms with Crippen LogP contribution in [0.4, 0.5) is 11.4 Å². The number of hydrogen-bond donors (Lipinski definition) is 1. The van der Waals surface area contributed by atoms with Gasteiger partial charge in [-0.3, -0.25) is 0 Å². The molecule has 2 aromatic carbocycles. The minimum absolute atomic E-state index is 0.723. The first-order chi connectivity index (χ1) is 6.86. The molecule has 1 N–H and O–H groups in total. The molecule has 0 aliphatic heterocycles. The molecule has 69 valence electrons. The lowest BCUT2D eigenvalue weighted by molar-refractivity contribution is 1.55. The van der Waals surface area contributed by atoms with E-state index in [2.05, 4.69) is 11.4 Å². The molecule has 0 amide bonds. The Morgan fingerprint density at radius 1 is 1.00 bits per heavy atom. The van der Waals surface area contributed by atoms with Crippen molar-refractivity contribution in [1.82, 2.24) is 0 Å². The van der Waals surface area contributed by atoms with Crippen LogP contribution < -0.4 is 5.32 Å². The SMILES string of the molecule is Clc1ccccc1Nc1cc[c]cc1. The first kappa shape index (κ1) is 9.10. The molecule has 1 nitrogen and oxygen atoms in total. The highest BCUT2D eigenvalue weighted by atomic mass is 35.5. The van der Waals surface area contributed by atoms with Gasteiger partial charge in [-0.1, -0.05) is 35.9 Å². The van der Waals surface area contributed by atoms with E-state index in [9.17, 15) is 0 Å². The topological polar surface area (TPSA) is 12.0 Å². The van der Waals surface area contributed by atoms with Gasteiger partial charge >= 0.3 is 0 Å². The molecule has 0 aliphatic rings. The molecule has 2 aromatic rings. The van der Waals surface area contributed by atoms with Crippen LogP contribution in [-0.4, -0.2) is 0 Å². The van der Waals surface area contributed by atoms with Crippen LogP contribution in [0.2, 0.25) is 5.02 Å². The minimum Gasteiger partial charge on any atom is -0.354 e. The highest BCUT2D eigenvalue weighted by Crippen LogP contribution is 2.24. The Kier molecular flexibility index (Phi) is 2.70. The van der Waals surface area contributed by atoms with E-state index >= 15 is 0 Å². The number of rotatable bonds is 2. The largest absolute Gasteiger partial charge is 0.354 e. The molecule has 0 unspecified atom stereocenters. The Hall–Kier alpha value is -1.47. The van der Waals surface area contributed by atoms with Crippen LogP contribution in [0.1, 0.15) is 0 Å². The Balaban J connectivity index is 2.24. The molecule has 1 radical (unpaired) electrons. The van der Waals surface area contributed by atoms with E-state index in [0.717, 1.165) is 16.4 Å². The Morgan fingerprint density at radius 3 is 2.43 bits per heavy atom. The molecule has 2 heteroatoms. The normalized spacial score (nSPS) is 9.79. The zero-order valence-electron chi connectivity index (χ0n) is 7.50. The summed E-state index contributed by atoms with van der Waals surface area (Å²) in [5, 5.41) is 3.94. The third kappa shape index (κ3) is 2.06. The summed E-state index contributed by atoms with van der Waals surface area (Å²) in [5.41, 5.74) is 1.93. The van der Waals surface area contributed by atoms with Crippen molar-refractivity contribution in [3.8, 4) is 0 Å². The van der Waals surface area contributed by atoms with E-state index in [0.29, 0.717) is 0 Å². The summed E-state index contributed by atoms with van der Waals surface area (Å²) in [6.07, 6.45) is 0. The number of nitrogens with one attached hydrogen (secondary N) is 1. The molecule has 0 spiro atoms. The maximum Gasteiger partial charge on any atom is 0.0640 e. The molecule has 2 rings (SSSR count). The van der Waals surface area contributed by atoms with E-state index in [1.165, 1.54) is 0 Å². The van der Waals surface area contributed by atoms with Crippen molar-refractivity contribution in [3.05, 3.63) is 59.6 Å². The van der Waals surface area contributed by atoms with Crippen LogP contribution in [0.15, 0.2) is 48.5 Å². The van der Waals surface area contributed by atoms with Gasteiger partial charge in [-0.2, -0.15) is 0 Å². The van der Waals surface area contributed by atoms with Crippen molar-refractivity contribution in [2.75, 3.05) is 5.32 Å². The lowest BCUT2D eigenvalue weighted by Gasteiger charge is -2.07. The average Bonchev–Trinajstić information content (AvgIpc) is 2.23. The van der Waals surface area contributed by atoms with Gasteiger partial charge < -0.3 is 5.32 Å². The van der Waals surface area contributed by atoms with Crippen molar-refractivity contribution in [2.24, 2.45) is 0 Å². The smallest absolute Gasteiger partial charge is 0.0640 e. The Labute approximate surface area is 88.3 Å². The summed E-state index contributed by atoms with van der Waals surface area (Å²) < 4.78 is 0. The number of para-hydroxylation sites is 1. The van der Waals surface area contributed by atoms with E-state index in [1.54, 1.807) is 0 Å². The molecule has 14 heavy (non-hydrogen) atoms. The van der Waals surface area contributed by atoms with Gasteiger partial charge in [0.1, 0.15) is 0 Å². The van der Waals surface area contributed by atoms with Gasteiger partial charge in [0, 0.05) is 5.69 Å². The van der Waals surface area contributed by atoms with Crippen LogP contribution in [0, 0.1) is 6.07 Å². The maximum atomic E-state index is 6.00. The van der Waals surface area contributed by atoms with Crippen molar-refractivity contribution in [1.29, 1.82) is 0 Å². The second kappa shape index (κ2) is 4.16. The fourth-order valence-corrected chi connectivity index (χ4v) is 1.37. The molecular weight excluding hydrogens is 194 g/mol. The molecule has 0 bridgehead atoms. The van der Waals surface area contributed by atoms with E-state index in [-0.39, 0.29) is 0 Å². The predicted molar refractivity (Wildman–Crippen MR) is 60.0 cm³/mol. The molecule has 0 fully saturated rings. The number of hydrogen-bond acceptors (Lipinski definition) is 1. The second-order valence-electron chi connectivity index (χ2n) is 2.89. The summed E-state index contributed by atoms with van der Waals surface area (Å²) in [6, 6.07) is 18.2. The molecular formula is C12H9ClN. The van der Waals surface area contributed by atoms with Gasteiger partial charge in [0.25, 0.3) is 0 Å². The van der Waals surface area contributed by atoms with Crippen molar-refractivity contribution in [2.45, 2.75) is 0 Å². The van der Waals surface area contributed by atoms with Crippen molar-refractivity contribution >= 4 is 23.0 Å². The number of anilines is 2. The summed E-state index contributed by atoms with van der Waals surface area (Å²) >= 11 is 6.00. The lowest BCUT2D eigenvalue weighted by atomic mass is 10.3. The van der Waals surface area contributed by atoms with Gasteiger partial charge in [0.05, 0.1) is 10.7 Å². The second-order valence-corrected chi connectivity index (χ2v) is 3.30. The Morgan fingerprint density at radius 2 is 1.71 bits per heavy atom. The standard InChI is InChI=1S/C12H9ClN/c13-11-8-4-5-9-12(11)14-10-6-2-1-3-7-10/h2-9,14H. The first-order valence-electron chi connectivity index (χ1n) is 4.34. The third-order valence-electron chi connectivity index (χ3n) is 1.87. The van der Waals surface area contributed by atoms with Gasteiger partial charge in [-0.25, -0.2) is 0 Å². The van der Waals surface area contributed by atoms with Crippen molar-refractivity contribution in [3.63, 3.8) is 0 Å². The van der Waals surface area contributed by atoms with Crippen LogP contribution in [0.5, 0.6) is 0 Å². The molecule has 0 heterocycles. The molecule has 0 aliphatic carbocycles. The molecule has 0 atom stereocenters. The summed E-state index contributed by atoms with van der Waals surface area (Å²) in [6.45, 7) is 0. The number of halogens is 1. The summed E-state index contributed by atoms with van der Waals surface area (Å²) in [4.78, 5) is 0. The summed E-state index contributed by atoms with van der Waals surface area (Å²) in [5.74, 6) is 0. The van der Waals surface area contributed by atoms with Crippen LogP contribution >= 0.6 is 11.6 Å². The summed E-state index contributed by atoms with van der Waals surface area (Å²) in [7, 11) is 0. The third-order valence-corrected chi connectivity index (χ3v) is 2.20. The zero-order chi connectivity index (χ0) is 9.80. The fourth-order valence-electron chi connectivity index (χ4n) is 1.19. The van der Waals surface area contributed by atoms with Crippen LogP contribution in [0.25, 0.3) is 0 Å². The zero-order valence-corrected chi connectivity index (χ0v) is 8.25.